The lowest BCUT2D eigenvalue weighted by atomic mass is 9.62. The first-order chi connectivity index (χ1) is 8.09. The molecule has 3 heteroatoms. The van der Waals surface area contributed by atoms with Gasteiger partial charge in [-0.3, -0.25) is 4.79 Å². The maximum atomic E-state index is 11.5. The number of allylic oxidation sites excluding steroid dienone is 3. The van der Waals surface area contributed by atoms with Crippen LogP contribution in [0.4, 0.5) is 0 Å². The fourth-order valence-corrected chi connectivity index (χ4v) is 3.88. The molecule has 17 heavy (non-hydrogen) atoms. The molecule has 1 N–H and O–H groups in total. The zero-order valence-electron chi connectivity index (χ0n) is 10.2. The van der Waals surface area contributed by atoms with E-state index >= 15 is 0 Å². The molecule has 2 atom stereocenters. The van der Waals surface area contributed by atoms with E-state index in [9.17, 15) is 4.79 Å². The van der Waals surface area contributed by atoms with Crippen molar-refractivity contribution in [3.8, 4) is 0 Å². The zero-order valence-corrected chi connectivity index (χ0v) is 10.9. The predicted molar refractivity (Wildman–Crippen MR) is 68.7 cm³/mol. The summed E-state index contributed by atoms with van der Waals surface area (Å²) in [7, 11) is 0. The Balaban J connectivity index is 2.00. The van der Waals surface area contributed by atoms with Crippen LogP contribution in [0.5, 0.6) is 0 Å². The molecule has 3 aliphatic rings. The smallest absolute Gasteiger partial charge is 0.220 e. The highest BCUT2D eigenvalue weighted by molar-refractivity contribution is 6.29. The van der Waals surface area contributed by atoms with Crippen molar-refractivity contribution in [1.82, 2.24) is 5.32 Å². The van der Waals surface area contributed by atoms with E-state index < -0.39 is 0 Å². The number of fused-ring (bicyclic) bond motifs is 2. The lowest BCUT2D eigenvalue weighted by molar-refractivity contribution is -0.125. The molecule has 0 aromatic heterocycles. The predicted octanol–water partition coefficient (Wildman–Crippen LogP) is 3.28. The van der Waals surface area contributed by atoms with Crippen LogP contribution in [0.15, 0.2) is 22.3 Å². The van der Waals surface area contributed by atoms with Gasteiger partial charge in [-0.2, -0.15) is 0 Å². The van der Waals surface area contributed by atoms with E-state index in [-0.39, 0.29) is 11.3 Å². The normalized spacial score (nSPS) is 36.9. The Morgan fingerprint density at radius 3 is 3.00 bits per heavy atom. The monoisotopic (exact) mass is 251 g/mol. The molecular weight excluding hydrogens is 234 g/mol. The molecule has 0 radical (unpaired) electrons. The first kappa shape index (κ1) is 11.3. The Bertz CT molecular complexity index is 438. The van der Waals surface area contributed by atoms with Gasteiger partial charge in [0.2, 0.25) is 5.91 Å². The van der Waals surface area contributed by atoms with Crippen LogP contribution in [-0.4, -0.2) is 11.9 Å². The first-order valence-corrected chi connectivity index (χ1v) is 6.85. The number of hydrogen-bond acceptors (Lipinski definition) is 1. The summed E-state index contributed by atoms with van der Waals surface area (Å²) in [5.41, 5.74) is 3.17. The second-order valence-electron chi connectivity index (χ2n) is 5.67. The standard InChI is InChI=1S/C14H18ClNO/c1-14-7-6-13(17)16-12(14)5-2-9-8-10(15)3-4-11(9)14/h8,12H,2-7H2,1H3,(H,16,17)/t12-,14?/m1/s1. The molecule has 1 saturated heterocycles. The molecule has 1 heterocycles. The minimum atomic E-state index is 0.176. The van der Waals surface area contributed by atoms with Crippen LogP contribution in [0.3, 0.4) is 0 Å². The van der Waals surface area contributed by atoms with Gasteiger partial charge < -0.3 is 5.32 Å². The third-order valence-corrected chi connectivity index (χ3v) is 5.00. The van der Waals surface area contributed by atoms with E-state index in [4.69, 9.17) is 11.6 Å². The molecule has 1 unspecified atom stereocenters. The minimum Gasteiger partial charge on any atom is -0.352 e. The Morgan fingerprint density at radius 2 is 2.18 bits per heavy atom. The Morgan fingerprint density at radius 1 is 1.35 bits per heavy atom. The summed E-state index contributed by atoms with van der Waals surface area (Å²) in [6.07, 6.45) is 7.99. The van der Waals surface area contributed by atoms with Gasteiger partial charge in [-0.25, -0.2) is 0 Å². The van der Waals surface area contributed by atoms with Crippen molar-refractivity contribution in [2.75, 3.05) is 0 Å². The van der Waals surface area contributed by atoms with Gasteiger partial charge in [-0.1, -0.05) is 24.1 Å². The molecule has 0 aromatic carbocycles. The number of carbonyl (C=O) groups is 1. The SMILES string of the molecule is CC12CCC(=O)N[C@@H]1CCC1=C2CCC(Cl)=C1. The number of nitrogens with one attached hydrogen (secondary N) is 1. The molecule has 2 nitrogen and oxygen atoms in total. The fraction of sp³-hybridized carbons (Fsp3) is 0.643. The van der Waals surface area contributed by atoms with E-state index in [2.05, 4.69) is 18.3 Å². The summed E-state index contributed by atoms with van der Waals surface area (Å²) >= 11 is 6.14. The number of rotatable bonds is 0. The van der Waals surface area contributed by atoms with E-state index in [1.807, 2.05) is 0 Å². The van der Waals surface area contributed by atoms with Gasteiger partial charge in [0, 0.05) is 22.9 Å². The number of carbonyl (C=O) groups excluding carboxylic acids is 1. The molecule has 1 amide bonds. The highest BCUT2D eigenvalue weighted by Crippen LogP contribution is 2.50. The summed E-state index contributed by atoms with van der Waals surface area (Å²) < 4.78 is 0. The van der Waals surface area contributed by atoms with E-state index in [1.54, 1.807) is 5.57 Å². The number of halogens is 1. The highest BCUT2D eigenvalue weighted by atomic mass is 35.5. The summed E-state index contributed by atoms with van der Waals surface area (Å²) in [5, 5.41) is 4.17. The Labute approximate surface area is 107 Å². The first-order valence-electron chi connectivity index (χ1n) is 6.47. The van der Waals surface area contributed by atoms with Crippen molar-refractivity contribution in [3.63, 3.8) is 0 Å². The molecule has 2 aliphatic carbocycles. The number of hydrogen-bond donors (Lipinski definition) is 1. The van der Waals surface area contributed by atoms with Crippen molar-refractivity contribution in [3.05, 3.63) is 22.3 Å². The third-order valence-electron chi connectivity index (χ3n) is 4.70. The van der Waals surface area contributed by atoms with Crippen LogP contribution in [-0.2, 0) is 4.79 Å². The van der Waals surface area contributed by atoms with Crippen molar-refractivity contribution in [2.45, 2.75) is 51.5 Å². The number of piperidine rings is 1. The summed E-state index contributed by atoms with van der Waals surface area (Å²) in [4.78, 5) is 11.5. The van der Waals surface area contributed by atoms with Crippen LogP contribution in [0.1, 0.15) is 45.4 Å². The van der Waals surface area contributed by atoms with Gasteiger partial charge in [0.05, 0.1) is 0 Å². The van der Waals surface area contributed by atoms with Gasteiger partial charge in [-0.05, 0) is 43.8 Å². The Hall–Kier alpha value is -0.760. The molecule has 0 spiro atoms. The number of amides is 1. The molecule has 1 aliphatic heterocycles. The van der Waals surface area contributed by atoms with Crippen LogP contribution in [0.25, 0.3) is 0 Å². The highest BCUT2D eigenvalue weighted by Gasteiger charge is 2.45. The summed E-state index contributed by atoms with van der Waals surface area (Å²) in [6.45, 7) is 2.32. The van der Waals surface area contributed by atoms with Crippen LogP contribution in [0.2, 0.25) is 0 Å². The average molecular weight is 252 g/mol. The largest absolute Gasteiger partial charge is 0.352 e. The van der Waals surface area contributed by atoms with E-state index in [0.29, 0.717) is 12.5 Å². The van der Waals surface area contributed by atoms with Crippen LogP contribution >= 0.6 is 11.6 Å². The fourth-order valence-electron chi connectivity index (χ4n) is 3.65. The Kier molecular flexibility index (Phi) is 2.58. The van der Waals surface area contributed by atoms with Crippen LogP contribution < -0.4 is 5.32 Å². The maximum absolute atomic E-state index is 11.5. The second-order valence-corrected chi connectivity index (χ2v) is 6.16. The molecule has 0 aromatic rings. The van der Waals surface area contributed by atoms with Gasteiger partial charge in [0.25, 0.3) is 0 Å². The van der Waals surface area contributed by atoms with Crippen molar-refractivity contribution >= 4 is 17.5 Å². The lowest BCUT2D eigenvalue weighted by Crippen LogP contribution is -2.53. The summed E-state index contributed by atoms with van der Waals surface area (Å²) in [6, 6.07) is 0.341. The van der Waals surface area contributed by atoms with E-state index in [1.165, 1.54) is 5.57 Å². The quantitative estimate of drug-likeness (QED) is 0.703. The van der Waals surface area contributed by atoms with Gasteiger partial charge in [-0.15, -0.1) is 0 Å². The molecule has 0 bridgehead atoms. The second kappa shape index (κ2) is 3.88. The van der Waals surface area contributed by atoms with Crippen molar-refractivity contribution in [2.24, 2.45) is 5.41 Å². The molecule has 1 fully saturated rings. The molecule has 92 valence electrons. The zero-order chi connectivity index (χ0) is 12.0. The van der Waals surface area contributed by atoms with Gasteiger partial charge in [0.1, 0.15) is 0 Å². The van der Waals surface area contributed by atoms with Crippen molar-refractivity contribution < 1.29 is 4.79 Å². The van der Waals surface area contributed by atoms with Gasteiger partial charge in [0.15, 0.2) is 0 Å². The lowest BCUT2D eigenvalue weighted by Gasteiger charge is -2.48. The molecule has 3 rings (SSSR count). The van der Waals surface area contributed by atoms with Crippen LogP contribution in [0, 0.1) is 5.41 Å². The maximum Gasteiger partial charge on any atom is 0.220 e. The molecule has 0 saturated carbocycles. The van der Waals surface area contributed by atoms with Crippen molar-refractivity contribution in [1.29, 1.82) is 0 Å². The average Bonchev–Trinajstić information content (AvgIpc) is 2.30. The topological polar surface area (TPSA) is 29.1 Å². The molecular formula is C14H18ClNO. The summed E-state index contributed by atoms with van der Waals surface area (Å²) in [5.74, 6) is 0.223. The minimum absolute atomic E-state index is 0.176. The third kappa shape index (κ3) is 1.74. The van der Waals surface area contributed by atoms with Gasteiger partial charge >= 0.3 is 0 Å². The van der Waals surface area contributed by atoms with E-state index in [0.717, 1.165) is 37.1 Å².